The Bertz CT molecular complexity index is 524. The molecule has 6 heteroatoms. The van der Waals surface area contributed by atoms with Gasteiger partial charge in [0.1, 0.15) is 5.75 Å². The van der Waals surface area contributed by atoms with Crippen molar-refractivity contribution < 1.29 is 13.2 Å². The maximum absolute atomic E-state index is 11.1. The van der Waals surface area contributed by atoms with Crippen LogP contribution in [0.15, 0.2) is 23.1 Å². The number of primary sulfonamides is 1. The highest BCUT2D eigenvalue weighted by atomic mass is 35.5. The highest BCUT2D eigenvalue weighted by Crippen LogP contribution is 2.30. The van der Waals surface area contributed by atoms with Crippen molar-refractivity contribution in [2.75, 3.05) is 6.61 Å². The van der Waals surface area contributed by atoms with Crippen molar-refractivity contribution in [1.82, 2.24) is 0 Å². The number of hydrogen-bond acceptors (Lipinski definition) is 3. The molecule has 1 saturated carbocycles. The van der Waals surface area contributed by atoms with Crippen LogP contribution in [0.1, 0.15) is 25.7 Å². The molecule has 1 aromatic carbocycles. The van der Waals surface area contributed by atoms with Gasteiger partial charge in [-0.25, -0.2) is 13.6 Å². The maximum Gasteiger partial charge on any atom is 0.238 e. The van der Waals surface area contributed by atoms with Crippen LogP contribution in [0.4, 0.5) is 0 Å². The Morgan fingerprint density at radius 2 is 2.00 bits per heavy atom. The summed E-state index contributed by atoms with van der Waals surface area (Å²) in [7, 11) is -3.71. The van der Waals surface area contributed by atoms with Crippen LogP contribution >= 0.6 is 11.6 Å². The van der Waals surface area contributed by atoms with Gasteiger partial charge >= 0.3 is 0 Å². The topological polar surface area (TPSA) is 69.4 Å². The molecule has 0 aromatic heterocycles. The summed E-state index contributed by atoms with van der Waals surface area (Å²) in [5.41, 5.74) is 0. The number of halogens is 1. The Kier molecular flexibility index (Phi) is 4.14. The molecule has 4 nitrogen and oxygen atoms in total. The van der Waals surface area contributed by atoms with E-state index in [4.69, 9.17) is 21.5 Å². The minimum atomic E-state index is -3.71. The van der Waals surface area contributed by atoms with Crippen LogP contribution < -0.4 is 9.88 Å². The SMILES string of the molecule is NS(=O)(=O)c1ccc(OCC2CCCC2)c(Cl)c1. The van der Waals surface area contributed by atoms with Crippen molar-refractivity contribution in [2.24, 2.45) is 11.1 Å². The van der Waals surface area contributed by atoms with Gasteiger partial charge in [0.15, 0.2) is 0 Å². The summed E-state index contributed by atoms with van der Waals surface area (Å²) in [4.78, 5) is 0.000663. The monoisotopic (exact) mass is 289 g/mol. The molecule has 0 spiro atoms. The number of hydrogen-bond donors (Lipinski definition) is 1. The Balaban J connectivity index is 2.05. The Labute approximate surface area is 112 Å². The third-order valence-electron chi connectivity index (χ3n) is 3.18. The van der Waals surface area contributed by atoms with E-state index in [1.165, 1.54) is 37.8 Å². The van der Waals surface area contributed by atoms with E-state index >= 15 is 0 Å². The first-order valence-corrected chi connectivity index (χ1v) is 7.84. The van der Waals surface area contributed by atoms with Gasteiger partial charge in [-0.3, -0.25) is 0 Å². The van der Waals surface area contributed by atoms with Crippen LogP contribution in [0.25, 0.3) is 0 Å². The predicted octanol–water partition coefficient (Wildman–Crippen LogP) is 2.56. The van der Waals surface area contributed by atoms with Gasteiger partial charge in [0.25, 0.3) is 0 Å². The van der Waals surface area contributed by atoms with Crippen molar-refractivity contribution in [3.63, 3.8) is 0 Å². The predicted molar refractivity (Wildman–Crippen MR) is 70.3 cm³/mol. The lowest BCUT2D eigenvalue weighted by Gasteiger charge is -2.12. The molecule has 0 heterocycles. The smallest absolute Gasteiger partial charge is 0.238 e. The summed E-state index contributed by atoms with van der Waals surface area (Å²) < 4.78 is 27.9. The molecule has 100 valence electrons. The number of ether oxygens (including phenoxy) is 1. The number of rotatable bonds is 4. The quantitative estimate of drug-likeness (QED) is 0.926. The molecular weight excluding hydrogens is 274 g/mol. The maximum atomic E-state index is 11.1. The molecule has 0 bridgehead atoms. The van der Waals surface area contributed by atoms with Crippen LogP contribution in [0, 0.1) is 5.92 Å². The molecule has 2 N–H and O–H groups in total. The van der Waals surface area contributed by atoms with E-state index < -0.39 is 10.0 Å². The second kappa shape index (κ2) is 5.47. The van der Waals surface area contributed by atoms with Gasteiger partial charge in [-0.2, -0.15) is 0 Å². The molecule has 0 amide bonds. The van der Waals surface area contributed by atoms with Gasteiger partial charge in [-0.05, 0) is 37.0 Å². The molecule has 0 unspecified atom stereocenters. The minimum absolute atomic E-state index is 0.000663. The van der Waals surface area contributed by atoms with Crippen molar-refractivity contribution in [2.45, 2.75) is 30.6 Å². The summed E-state index contributed by atoms with van der Waals surface area (Å²) >= 11 is 5.98. The molecule has 1 fully saturated rings. The lowest BCUT2D eigenvalue weighted by atomic mass is 10.1. The number of nitrogens with two attached hydrogens (primary N) is 1. The molecule has 0 saturated heterocycles. The zero-order valence-corrected chi connectivity index (χ0v) is 11.5. The average molecular weight is 290 g/mol. The van der Waals surface area contributed by atoms with Crippen molar-refractivity contribution in [1.29, 1.82) is 0 Å². The van der Waals surface area contributed by atoms with E-state index in [9.17, 15) is 8.42 Å². The summed E-state index contributed by atoms with van der Waals surface area (Å²) in [5, 5.41) is 5.30. The lowest BCUT2D eigenvalue weighted by molar-refractivity contribution is 0.252. The number of benzene rings is 1. The van der Waals surface area contributed by atoms with Gasteiger partial charge in [-0.15, -0.1) is 0 Å². The van der Waals surface area contributed by atoms with Crippen LogP contribution in [0.2, 0.25) is 5.02 Å². The third-order valence-corrected chi connectivity index (χ3v) is 4.39. The van der Waals surface area contributed by atoms with E-state index in [0.717, 1.165) is 0 Å². The Hall–Kier alpha value is -0.780. The second-order valence-corrected chi connectivity index (χ2v) is 6.57. The fourth-order valence-corrected chi connectivity index (χ4v) is 3.00. The van der Waals surface area contributed by atoms with E-state index in [-0.39, 0.29) is 9.92 Å². The van der Waals surface area contributed by atoms with Crippen molar-refractivity contribution in [3.8, 4) is 5.75 Å². The first-order chi connectivity index (χ1) is 8.47. The molecule has 18 heavy (non-hydrogen) atoms. The summed E-state index contributed by atoms with van der Waals surface area (Å²) in [6, 6.07) is 4.28. The average Bonchev–Trinajstić information content (AvgIpc) is 2.79. The van der Waals surface area contributed by atoms with E-state index in [1.807, 2.05) is 0 Å². The van der Waals surface area contributed by atoms with Crippen LogP contribution in [0.5, 0.6) is 5.75 Å². The Morgan fingerprint density at radius 1 is 1.33 bits per heavy atom. The molecule has 0 radical (unpaired) electrons. The summed E-state index contributed by atoms with van der Waals surface area (Å²) in [6.07, 6.45) is 4.89. The van der Waals surface area contributed by atoms with E-state index in [1.54, 1.807) is 6.07 Å². The first-order valence-electron chi connectivity index (χ1n) is 5.92. The van der Waals surface area contributed by atoms with Crippen LogP contribution in [-0.2, 0) is 10.0 Å². The van der Waals surface area contributed by atoms with Gasteiger partial charge in [0.05, 0.1) is 16.5 Å². The summed E-state index contributed by atoms with van der Waals surface area (Å²) in [6.45, 7) is 0.633. The lowest BCUT2D eigenvalue weighted by Crippen LogP contribution is -2.12. The largest absolute Gasteiger partial charge is 0.492 e. The van der Waals surface area contributed by atoms with Crippen molar-refractivity contribution >= 4 is 21.6 Å². The molecule has 1 aliphatic rings. The molecule has 2 rings (SSSR count). The van der Waals surface area contributed by atoms with Crippen LogP contribution in [-0.4, -0.2) is 15.0 Å². The second-order valence-electron chi connectivity index (χ2n) is 4.60. The van der Waals surface area contributed by atoms with E-state index in [2.05, 4.69) is 0 Å². The minimum Gasteiger partial charge on any atom is -0.492 e. The molecule has 0 aliphatic heterocycles. The standard InChI is InChI=1S/C12H16ClNO3S/c13-11-7-10(18(14,15)16)5-6-12(11)17-8-9-3-1-2-4-9/h5-7,9H,1-4,8H2,(H2,14,15,16). The molecule has 1 aliphatic carbocycles. The van der Waals surface area contributed by atoms with Crippen molar-refractivity contribution in [3.05, 3.63) is 23.2 Å². The molecule has 0 atom stereocenters. The molecule has 1 aromatic rings. The van der Waals surface area contributed by atoms with Gasteiger partial charge in [-0.1, -0.05) is 24.4 Å². The first kappa shape index (κ1) is 13.6. The highest BCUT2D eigenvalue weighted by molar-refractivity contribution is 7.89. The zero-order valence-electron chi connectivity index (χ0n) is 9.93. The molecular formula is C12H16ClNO3S. The van der Waals surface area contributed by atoms with Gasteiger partial charge in [0.2, 0.25) is 10.0 Å². The number of sulfonamides is 1. The third kappa shape index (κ3) is 3.37. The van der Waals surface area contributed by atoms with E-state index in [0.29, 0.717) is 18.3 Å². The fourth-order valence-electron chi connectivity index (χ4n) is 2.16. The summed E-state index contributed by atoms with van der Waals surface area (Å²) in [5.74, 6) is 1.09. The van der Waals surface area contributed by atoms with Gasteiger partial charge in [0, 0.05) is 0 Å². The van der Waals surface area contributed by atoms with Gasteiger partial charge < -0.3 is 4.74 Å². The zero-order chi connectivity index (χ0) is 13.2. The normalized spacial score (nSPS) is 17.0. The van der Waals surface area contributed by atoms with Crippen LogP contribution in [0.3, 0.4) is 0 Å². The Morgan fingerprint density at radius 3 is 2.56 bits per heavy atom. The fraction of sp³-hybridized carbons (Fsp3) is 0.500. The highest BCUT2D eigenvalue weighted by Gasteiger charge is 2.17.